The second-order valence-electron chi connectivity index (χ2n) is 4.88. The summed E-state index contributed by atoms with van der Waals surface area (Å²) in [4.78, 5) is 0. The Kier molecular flexibility index (Phi) is 5.73. The molecular formula is C18H17BF2. The number of halogens is 2. The molecule has 0 saturated heterocycles. The van der Waals surface area contributed by atoms with Gasteiger partial charge in [-0.05, 0) is 36.1 Å². The molecule has 0 nitrogen and oxygen atoms in total. The molecule has 0 amide bonds. The summed E-state index contributed by atoms with van der Waals surface area (Å²) in [6, 6.07) is 13.1. The van der Waals surface area contributed by atoms with Crippen molar-refractivity contribution in [3.8, 4) is 0 Å². The molecular weight excluding hydrogens is 265 g/mol. The highest BCUT2D eigenvalue weighted by molar-refractivity contribution is 6.08. The Morgan fingerprint density at radius 1 is 0.857 bits per heavy atom. The van der Waals surface area contributed by atoms with Crippen LogP contribution in [0.2, 0.25) is 6.32 Å². The molecule has 0 heterocycles. The maximum atomic E-state index is 14.1. The van der Waals surface area contributed by atoms with Gasteiger partial charge in [-0.2, -0.15) is 0 Å². The Morgan fingerprint density at radius 3 is 1.86 bits per heavy atom. The minimum atomic E-state index is -0.332. The standard InChI is InChI=1S/C18H17BF2/c19-13-7-1-2-8-14(15-9-3-5-11-17(15)20)16-10-4-6-12-18(16)21/h1-6,9-12,14H,7-8,13H2. The summed E-state index contributed by atoms with van der Waals surface area (Å²) in [5.74, 6) is -0.947. The van der Waals surface area contributed by atoms with Crippen LogP contribution in [0.25, 0.3) is 0 Å². The molecule has 2 rings (SSSR count). The maximum absolute atomic E-state index is 14.1. The second kappa shape index (κ2) is 7.77. The molecule has 2 radical (unpaired) electrons. The van der Waals surface area contributed by atoms with Crippen LogP contribution in [-0.4, -0.2) is 7.85 Å². The van der Waals surface area contributed by atoms with Crippen molar-refractivity contribution in [1.82, 2.24) is 0 Å². The SMILES string of the molecule is [B]CCC=CCC(c1ccccc1F)c1ccccc1F. The summed E-state index contributed by atoms with van der Waals surface area (Å²) in [5, 5.41) is 0. The first kappa shape index (κ1) is 15.5. The van der Waals surface area contributed by atoms with Crippen LogP contribution in [-0.2, 0) is 0 Å². The van der Waals surface area contributed by atoms with Gasteiger partial charge in [0.15, 0.2) is 0 Å². The first-order chi connectivity index (χ1) is 10.2. The molecule has 0 N–H and O–H groups in total. The Balaban J connectivity index is 2.35. The van der Waals surface area contributed by atoms with Crippen LogP contribution in [0.1, 0.15) is 29.9 Å². The van der Waals surface area contributed by atoms with Gasteiger partial charge in [-0.1, -0.05) is 54.9 Å². The van der Waals surface area contributed by atoms with E-state index >= 15 is 0 Å². The normalized spacial score (nSPS) is 11.4. The fourth-order valence-corrected chi connectivity index (χ4v) is 2.38. The van der Waals surface area contributed by atoms with Crippen molar-refractivity contribution in [2.24, 2.45) is 0 Å². The van der Waals surface area contributed by atoms with Crippen LogP contribution in [0, 0.1) is 11.6 Å². The number of rotatable bonds is 6. The highest BCUT2D eigenvalue weighted by Gasteiger charge is 2.19. The van der Waals surface area contributed by atoms with Gasteiger partial charge in [-0.3, -0.25) is 0 Å². The van der Waals surface area contributed by atoms with Crippen molar-refractivity contribution in [2.45, 2.75) is 25.1 Å². The highest BCUT2D eigenvalue weighted by atomic mass is 19.1. The van der Waals surface area contributed by atoms with E-state index < -0.39 is 0 Å². The van der Waals surface area contributed by atoms with Gasteiger partial charge in [0.2, 0.25) is 0 Å². The van der Waals surface area contributed by atoms with Gasteiger partial charge in [0.1, 0.15) is 11.6 Å². The van der Waals surface area contributed by atoms with Gasteiger partial charge in [0.25, 0.3) is 0 Å². The van der Waals surface area contributed by atoms with Crippen LogP contribution in [0.5, 0.6) is 0 Å². The average Bonchev–Trinajstić information content (AvgIpc) is 2.50. The van der Waals surface area contributed by atoms with E-state index in [1.807, 2.05) is 12.2 Å². The predicted molar refractivity (Wildman–Crippen MR) is 83.6 cm³/mol. The maximum Gasteiger partial charge on any atom is 0.127 e. The number of hydrogen-bond acceptors (Lipinski definition) is 0. The molecule has 0 aliphatic rings. The molecule has 0 spiro atoms. The number of hydrogen-bond donors (Lipinski definition) is 0. The topological polar surface area (TPSA) is 0 Å². The number of benzene rings is 2. The molecule has 0 atom stereocenters. The minimum Gasteiger partial charge on any atom is -0.207 e. The monoisotopic (exact) mass is 282 g/mol. The lowest BCUT2D eigenvalue weighted by Crippen LogP contribution is -2.05. The molecule has 0 saturated carbocycles. The summed E-state index contributed by atoms with van der Waals surface area (Å²) in [6.45, 7) is 0. The Hall–Kier alpha value is -1.90. The van der Waals surface area contributed by atoms with E-state index in [0.717, 1.165) is 6.42 Å². The Bertz CT molecular complexity index is 562. The average molecular weight is 282 g/mol. The molecule has 3 heteroatoms. The zero-order valence-corrected chi connectivity index (χ0v) is 11.8. The largest absolute Gasteiger partial charge is 0.207 e. The lowest BCUT2D eigenvalue weighted by atomic mass is 9.87. The lowest BCUT2D eigenvalue weighted by molar-refractivity contribution is 0.572. The first-order valence-corrected chi connectivity index (χ1v) is 7.08. The van der Waals surface area contributed by atoms with Crippen molar-refractivity contribution < 1.29 is 8.78 Å². The van der Waals surface area contributed by atoms with Gasteiger partial charge in [-0.15, -0.1) is 0 Å². The minimum absolute atomic E-state index is 0.307. The van der Waals surface area contributed by atoms with Crippen LogP contribution in [0.4, 0.5) is 8.78 Å². The van der Waals surface area contributed by atoms with Crippen LogP contribution >= 0.6 is 0 Å². The zero-order chi connectivity index (χ0) is 15.1. The van der Waals surface area contributed by atoms with E-state index in [1.165, 1.54) is 12.1 Å². The molecule has 0 bridgehead atoms. The summed E-state index contributed by atoms with van der Waals surface area (Å²) in [5.41, 5.74) is 1.03. The molecule has 106 valence electrons. The lowest BCUT2D eigenvalue weighted by Gasteiger charge is -2.17. The molecule has 0 aliphatic heterocycles. The molecule has 0 aliphatic carbocycles. The molecule has 0 fully saturated rings. The van der Waals surface area contributed by atoms with E-state index in [1.54, 1.807) is 36.4 Å². The van der Waals surface area contributed by atoms with Crippen LogP contribution in [0.15, 0.2) is 60.7 Å². The van der Waals surface area contributed by atoms with Gasteiger partial charge in [0, 0.05) is 5.92 Å². The smallest absolute Gasteiger partial charge is 0.127 e. The van der Waals surface area contributed by atoms with Gasteiger partial charge in [0.05, 0.1) is 7.85 Å². The summed E-state index contributed by atoms with van der Waals surface area (Å²) in [7, 11) is 5.44. The van der Waals surface area contributed by atoms with E-state index in [0.29, 0.717) is 23.9 Å². The van der Waals surface area contributed by atoms with Crippen molar-refractivity contribution in [2.75, 3.05) is 0 Å². The third-order valence-corrected chi connectivity index (χ3v) is 3.43. The van der Waals surface area contributed by atoms with E-state index in [2.05, 4.69) is 0 Å². The summed E-state index contributed by atoms with van der Waals surface area (Å²) < 4.78 is 28.1. The molecule has 0 aromatic heterocycles. The van der Waals surface area contributed by atoms with Crippen molar-refractivity contribution in [1.29, 1.82) is 0 Å². The molecule has 2 aromatic carbocycles. The second-order valence-corrected chi connectivity index (χ2v) is 4.88. The summed E-state index contributed by atoms with van der Waals surface area (Å²) >= 11 is 0. The van der Waals surface area contributed by atoms with Crippen molar-refractivity contribution in [3.05, 3.63) is 83.4 Å². The fourth-order valence-electron chi connectivity index (χ4n) is 2.38. The fraction of sp³-hybridized carbons (Fsp3) is 0.222. The number of allylic oxidation sites excluding steroid dienone is 2. The van der Waals surface area contributed by atoms with E-state index in [-0.39, 0.29) is 17.6 Å². The van der Waals surface area contributed by atoms with E-state index in [4.69, 9.17) is 7.85 Å². The van der Waals surface area contributed by atoms with Gasteiger partial charge in [-0.25, -0.2) is 8.78 Å². The quantitative estimate of drug-likeness (QED) is 0.515. The highest BCUT2D eigenvalue weighted by Crippen LogP contribution is 2.31. The Labute approximate surface area is 125 Å². The molecule has 0 unspecified atom stereocenters. The predicted octanol–water partition coefficient (Wildman–Crippen LogP) is 5.02. The third-order valence-electron chi connectivity index (χ3n) is 3.43. The zero-order valence-electron chi connectivity index (χ0n) is 11.8. The molecule has 21 heavy (non-hydrogen) atoms. The third kappa shape index (κ3) is 4.04. The molecule has 2 aromatic rings. The summed E-state index contributed by atoms with van der Waals surface area (Å²) in [6.07, 6.45) is 5.77. The Morgan fingerprint density at radius 2 is 1.38 bits per heavy atom. The van der Waals surface area contributed by atoms with Crippen molar-refractivity contribution >= 4 is 7.85 Å². The van der Waals surface area contributed by atoms with Crippen LogP contribution < -0.4 is 0 Å². The van der Waals surface area contributed by atoms with Crippen LogP contribution in [0.3, 0.4) is 0 Å². The van der Waals surface area contributed by atoms with Crippen molar-refractivity contribution in [3.63, 3.8) is 0 Å². The van der Waals surface area contributed by atoms with E-state index in [9.17, 15) is 8.78 Å². The first-order valence-electron chi connectivity index (χ1n) is 7.08. The van der Waals surface area contributed by atoms with Gasteiger partial charge < -0.3 is 0 Å². The van der Waals surface area contributed by atoms with Gasteiger partial charge >= 0.3 is 0 Å².